The zero-order chi connectivity index (χ0) is 13.2. The van der Waals surface area contributed by atoms with Gasteiger partial charge in [-0.2, -0.15) is 0 Å². The van der Waals surface area contributed by atoms with Gasteiger partial charge in [0.15, 0.2) is 0 Å². The van der Waals surface area contributed by atoms with Crippen molar-refractivity contribution in [1.29, 1.82) is 0 Å². The summed E-state index contributed by atoms with van der Waals surface area (Å²) in [6.07, 6.45) is 0.724. The van der Waals surface area contributed by atoms with Crippen LogP contribution < -0.4 is 10.6 Å². The van der Waals surface area contributed by atoms with E-state index in [4.69, 9.17) is 9.84 Å². The van der Waals surface area contributed by atoms with Crippen LogP contribution in [0.2, 0.25) is 0 Å². The van der Waals surface area contributed by atoms with Gasteiger partial charge in [-0.05, 0) is 25.5 Å². The number of urea groups is 1. The van der Waals surface area contributed by atoms with Crippen LogP contribution >= 0.6 is 0 Å². The van der Waals surface area contributed by atoms with E-state index >= 15 is 0 Å². The number of carbonyl (C=O) groups excluding carboxylic acids is 1. The van der Waals surface area contributed by atoms with E-state index in [0.717, 1.165) is 17.7 Å². The topological polar surface area (TPSA) is 70.6 Å². The number of ether oxygens (including phenoxy) is 1. The second kappa shape index (κ2) is 8.49. The summed E-state index contributed by atoms with van der Waals surface area (Å²) in [6, 6.07) is 7.39. The summed E-state index contributed by atoms with van der Waals surface area (Å²) >= 11 is 0. The monoisotopic (exact) mass is 252 g/mol. The van der Waals surface area contributed by atoms with E-state index < -0.39 is 0 Å². The van der Waals surface area contributed by atoms with Crippen LogP contribution in [-0.2, 0) is 4.74 Å². The average Bonchev–Trinajstić information content (AvgIpc) is 2.36. The molecule has 3 N–H and O–H groups in total. The number of anilines is 1. The largest absolute Gasteiger partial charge is 0.394 e. The first-order chi connectivity index (χ1) is 8.72. The Bertz CT molecular complexity index is 352. The molecule has 0 aliphatic heterocycles. The number of nitrogens with one attached hydrogen (secondary N) is 2. The van der Waals surface area contributed by atoms with E-state index in [1.54, 1.807) is 0 Å². The maximum absolute atomic E-state index is 11.5. The molecule has 0 radical (unpaired) electrons. The number of aryl methyl sites for hydroxylation is 1. The van der Waals surface area contributed by atoms with E-state index in [9.17, 15) is 4.79 Å². The van der Waals surface area contributed by atoms with Gasteiger partial charge >= 0.3 is 6.03 Å². The Hall–Kier alpha value is -1.59. The Kier molecular flexibility index (Phi) is 6.83. The Morgan fingerprint density at radius 2 is 2.00 bits per heavy atom. The summed E-state index contributed by atoms with van der Waals surface area (Å²) < 4.78 is 5.07. The maximum atomic E-state index is 11.5. The summed E-state index contributed by atoms with van der Waals surface area (Å²) in [4.78, 5) is 11.5. The van der Waals surface area contributed by atoms with Crippen LogP contribution in [0.3, 0.4) is 0 Å². The summed E-state index contributed by atoms with van der Waals surface area (Å²) in [5, 5.41) is 14.0. The first-order valence-corrected chi connectivity index (χ1v) is 6.02. The number of aliphatic hydroxyl groups is 1. The van der Waals surface area contributed by atoms with Crippen LogP contribution in [0.5, 0.6) is 0 Å². The molecule has 1 rings (SSSR count). The van der Waals surface area contributed by atoms with Crippen molar-refractivity contribution in [2.45, 2.75) is 13.3 Å². The van der Waals surface area contributed by atoms with Gasteiger partial charge in [0.25, 0.3) is 0 Å². The minimum atomic E-state index is -0.221. The molecular weight excluding hydrogens is 232 g/mol. The predicted octanol–water partition coefficient (Wildman–Crippen LogP) is 1.52. The second-order valence-corrected chi connectivity index (χ2v) is 3.94. The zero-order valence-electron chi connectivity index (χ0n) is 10.6. The number of amides is 2. The van der Waals surface area contributed by atoms with Gasteiger partial charge in [-0.25, -0.2) is 4.79 Å². The van der Waals surface area contributed by atoms with Gasteiger partial charge in [0.1, 0.15) is 0 Å². The third kappa shape index (κ3) is 6.22. The Morgan fingerprint density at radius 1 is 1.28 bits per heavy atom. The fraction of sp³-hybridized carbons (Fsp3) is 0.462. The van der Waals surface area contributed by atoms with Crippen LogP contribution in [0.25, 0.3) is 0 Å². The standard InChI is InChI=1S/C13H20N2O3/c1-11-3-5-12(6-4-11)15-13(17)14-7-2-9-18-10-8-16/h3-6,16H,2,7-10H2,1H3,(H2,14,15,17). The van der Waals surface area contributed by atoms with Crippen LogP contribution in [0.4, 0.5) is 10.5 Å². The minimum Gasteiger partial charge on any atom is -0.394 e. The van der Waals surface area contributed by atoms with Crippen molar-refractivity contribution in [3.05, 3.63) is 29.8 Å². The van der Waals surface area contributed by atoms with E-state index in [1.165, 1.54) is 0 Å². The highest BCUT2D eigenvalue weighted by Crippen LogP contribution is 2.07. The van der Waals surface area contributed by atoms with E-state index in [-0.39, 0.29) is 12.6 Å². The van der Waals surface area contributed by atoms with Gasteiger partial charge in [-0.3, -0.25) is 0 Å². The fourth-order valence-corrected chi connectivity index (χ4v) is 1.35. The number of rotatable bonds is 7. The lowest BCUT2D eigenvalue weighted by atomic mass is 10.2. The third-order valence-electron chi connectivity index (χ3n) is 2.30. The summed E-state index contributed by atoms with van der Waals surface area (Å²) in [5.74, 6) is 0. The number of hydrogen-bond acceptors (Lipinski definition) is 3. The first kappa shape index (κ1) is 14.5. The fourth-order valence-electron chi connectivity index (χ4n) is 1.35. The number of hydrogen-bond donors (Lipinski definition) is 3. The summed E-state index contributed by atoms with van der Waals surface area (Å²) in [7, 11) is 0. The van der Waals surface area contributed by atoms with Crippen LogP contribution in [0.15, 0.2) is 24.3 Å². The number of benzene rings is 1. The van der Waals surface area contributed by atoms with Gasteiger partial charge in [-0.1, -0.05) is 17.7 Å². The molecule has 5 nitrogen and oxygen atoms in total. The summed E-state index contributed by atoms with van der Waals surface area (Å²) in [5.41, 5.74) is 1.93. The molecule has 18 heavy (non-hydrogen) atoms. The maximum Gasteiger partial charge on any atom is 0.319 e. The van der Waals surface area contributed by atoms with Gasteiger partial charge in [-0.15, -0.1) is 0 Å². The van der Waals surface area contributed by atoms with Crippen molar-refractivity contribution >= 4 is 11.7 Å². The van der Waals surface area contributed by atoms with Crippen molar-refractivity contribution in [3.63, 3.8) is 0 Å². The minimum absolute atomic E-state index is 0.0291. The summed E-state index contributed by atoms with van der Waals surface area (Å²) in [6.45, 7) is 3.45. The van der Waals surface area contributed by atoms with Crippen molar-refractivity contribution in [1.82, 2.24) is 5.32 Å². The molecule has 5 heteroatoms. The quantitative estimate of drug-likeness (QED) is 0.644. The molecule has 0 saturated heterocycles. The van der Waals surface area contributed by atoms with Gasteiger partial charge in [0, 0.05) is 18.8 Å². The molecule has 0 fully saturated rings. The van der Waals surface area contributed by atoms with Crippen molar-refractivity contribution in [2.75, 3.05) is 31.7 Å². The molecule has 0 heterocycles. The van der Waals surface area contributed by atoms with Gasteiger partial charge < -0.3 is 20.5 Å². The molecule has 0 aromatic heterocycles. The van der Waals surface area contributed by atoms with Crippen molar-refractivity contribution in [2.24, 2.45) is 0 Å². The van der Waals surface area contributed by atoms with E-state index in [2.05, 4.69) is 10.6 Å². The normalized spacial score (nSPS) is 10.1. The molecule has 1 aromatic rings. The third-order valence-corrected chi connectivity index (χ3v) is 2.30. The number of aliphatic hydroxyl groups excluding tert-OH is 1. The molecule has 0 unspecified atom stereocenters. The van der Waals surface area contributed by atoms with Crippen LogP contribution in [0, 0.1) is 6.92 Å². The van der Waals surface area contributed by atoms with Crippen LogP contribution in [-0.4, -0.2) is 37.5 Å². The molecule has 0 saturated carbocycles. The lowest BCUT2D eigenvalue weighted by Crippen LogP contribution is -2.30. The SMILES string of the molecule is Cc1ccc(NC(=O)NCCCOCCO)cc1. The van der Waals surface area contributed by atoms with Gasteiger partial charge in [0.05, 0.1) is 13.2 Å². The molecule has 1 aromatic carbocycles. The van der Waals surface area contributed by atoms with Crippen molar-refractivity contribution < 1.29 is 14.6 Å². The van der Waals surface area contributed by atoms with Crippen molar-refractivity contribution in [3.8, 4) is 0 Å². The molecule has 0 aliphatic rings. The smallest absolute Gasteiger partial charge is 0.319 e. The van der Waals surface area contributed by atoms with E-state index in [0.29, 0.717) is 19.8 Å². The highest BCUT2D eigenvalue weighted by Gasteiger charge is 2.00. The lowest BCUT2D eigenvalue weighted by molar-refractivity contribution is 0.0910. The highest BCUT2D eigenvalue weighted by atomic mass is 16.5. The second-order valence-electron chi connectivity index (χ2n) is 3.94. The Labute approximate surface area is 107 Å². The van der Waals surface area contributed by atoms with E-state index in [1.807, 2.05) is 31.2 Å². The van der Waals surface area contributed by atoms with Gasteiger partial charge in [0.2, 0.25) is 0 Å². The number of carbonyl (C=O) groups is 1. The molecular formula is C13H20N2O3. The van der Waals surface area contributed by atoms with Crippen LogP contribution in [0.1, 0.15) is 12.0 Å². The molecule has 0 bridgehead atoms. The molecule has 0 aliphatic carbocycles. The average molecular weight is 252 g/mol. The molecule has 0 spiro atoms. The molecule has 0 atom stereocenters. The Morgan fingerprint density at radius 3 is 2.67 bits per heavy atom. The Balaban J connectivity index is 2.12. The molecule has 100 valence electrons. The molecule has 2 amide bonds. The predicted molar refractivity (Wildman–Crippen MR) is 70.7 cm³/mol. The first-order valence-electron chi connectivity index (χ1n) is 6.02. The zero-order valence-corrected chi connectivity index (χ0v) is 10.6. The highest BCUT2D eigenvalue weighted by molar-refractivity contribution is 5.89. The lowest BCUT2D eigenvalue weighted by Gasteiger charge is -2.08.